The number of unbranched alkanes of at least 4 members (excludes halogenated alkanes) is 1. The third kappa shape index (κ3) is 6.13. The topological polar surface area (TPSA) is 63.3 Å². The molecule has 1 atom stereocenters. The first kappa shape index (κ1) is 11.9. The Morgan fingerprint density at radius 1 is 1.38 bits per heavy atom. The largest absolute Gasteiger partial charge is 0.465 e. The van der Waals surface area contributed by atoms with Crippen molar-refractivity contribution in [2.45, 2.75) is 33.1 Å². The molecule has 0 spiro atoms. The highest BCUT2D eigenvalue weighted by Crippen LogP contribution is 2.09. The number of carbonyl (C=O) groups is 2. The van der Waals surface area contributed by atoms with Gasteiger partial charge < -0.3 is 4.74 Å². The highest BCUT2D eigenvalue weighted by atomic mass is 16.5. The van der Waals surface area contributed by atoms with Crippen molar-refractivity contribution >= 4 is 11.9 Å². The maximum absolute atomic E-state index is 10.5. The minimum Gasteiger partial charge on any atom is -0.465 e. The maximum atomic E-state index is 10.5. The Balaban J connectivity index is 3.80. The van der Waals surface area contributed by atoms with Gasteiger partial charge in [0.1, 0.15) is 6.61 Å². The Morgan fingerprint density at radius 2 is 2.00 bits per heavy atom. The van der Waals surface area contributed by atoms with Crippen LogP contribution >= 0.6 is 0 Å². The molecule has 0 saturated heterocycles. The van der Waals surface area contributed by atoms with Gasteiger partial charge in [0.05, 0.1) is 5.92 Å². The molecule has 0 aromatic carbocycles. The average Bonchev–Trinajstić information content (AvgIpc) is 2.03. The Labute approximate surface area is 77.9 Å². The van der Waals surface area contributed by atoms with E-state index in [1.54, 1.807) is 0 Å². The summed E-state index contributed by atoms with van der Waals surface area (Å²) in [5, 5.41) is 10.5. The monoisotopic (exact) mass is 187 g/mol. The summed E-state index contributed by atoms with van der Waals surface area (Å²) in [6, 6.07) is 0. The first-order chi connectivity index (χ1) is 6.07. The van der Waals surface area contributed by atoms with Gasteiger partial charge in [0.2, 0.25) is 0 Å². The molecular formula is C9H15O4. The average molecular weight is 187 g/mol. The van der Waals surface area contributed by atoms with Gasteiger partial charge in [-0.25, -0.2) is 9.90 Å². The van der Waals surface area contributed by atoms with Gasteiger partial charge in [0.15, 0.2) is 0 Å². The Hall–Kier alpha value is -1.06. The van der Waals surface area contributed by atoms with Crippen molar-refractivity contribution in [3.63, 3.8) is 0 Å². The molecule has 75 valence electrons. The number of carbonyl (C=O) groups excluding carboxylic acids is 2. The van der Waals surface area contributed by atoms with Crippen LogP contribution in [0.25, 0.3) is 0 Å². The molecule has 0 heterocycles. The zero-order valence-electron chi connectivity index (χ0n) is 8.04. The van der Waals surface area contributed by atoms with Crippen LogP contribution in [0.5, 0.6) is 0 Å². The summed E-state index contributed by atoms with van der Waals surface area (Å²) in [6.45, 7) is 3.15. The molecule has 4 heteroatoms. The van der Waals surface area contributed by atoms with E-state index in [0.717, 1.165) is 12.8 Å². The standard InChI is InChI=1S/C9H15O4/c1-3-4-5-8(9(11)12)6-13-7(2)10/h8H,3-6H2,1-2H3. The molecule has 0 bridgehead atoms. The molecule has 1 radical (unpaired) electrons. The number of esters is 1. The van der Waals surface area contributed by atoms with Crippen LogP contribution in [0, 0.1) is 5.92 Å². The molecular weight excluding hydrogens is 172 g/mol. The molecule has 0 aliphatic heterocycles. The van der Waals surface area contributed by atoms with Crippen molar-refractivity contribution in [3.05, 3.63) is 0 Å². The van der Waals surface area contributed by atoms with Crippen LogP contribution in [0.3, 0.4) is 0 Å². The van der Waals surface area contributed by atoms with E-state index < -0.39 is 17.9 Å². The van der Waals surface area contributed by atoms with E-state index >= 15 is 0 Å². The zero-order chi connectivity index (χ0) is 10.3. The minimum atomic E-state index is -1.14. The van der Waals surface area contributed by atoms with Crippen molar-refractivity contribution in [1.29, 1.82) is 0 Å². The van der Waals surface area contributed by atoms with Gasteiger partial charge in [0, 0.05) is 6.92 Å². The van der Waals surface area contributed by atoms with E-state index in [-0.39, 0.29) is 6.61 Å². The minimum absolute atomic E-state index is 0.0718. The molecule has 0 aliphatic rings. The normalized spacial score (nSPS) is 12.2. The van der Waals surface area contributed by atoms with Gasteiger partial charge in [-0.1, -0.05) is 19.8 Å². The Bertz CT molecular complexity index is 176. The summed E-state index contributed by atoms with van der Waals surface area (Å²) in [7, 11) is 0. The summed E-state index contributed by atoms with van der Waals surface area (Å²) in [5.41, 5.74) is 0. The third-order valence-corrected chi connectivity index (χ3v) is 1.73. The molecule has 13 heavy (non-hydrogen) atoms. The molecule has 0 aromatic heterocycles. The van der Waals surface area contributed by atoms with Gasteiger partial charge in [-0.15, -0.1) is 0 Å². The van der Waals surface area contributed by atoms with Gasteiger partial charge in [0.25, 0.3) is 0 Å². The highest BCUT2D eigenvalue weighted by molar-refractivity contribution is 5.71. The van der Waals surface area contributed by atoms with Gasteiger partial charge >= 0.3 is 11.9 Å². The smallest absolute Gasteiger partial charge is 0.362 e. The lowest BCUT2D eigenvalue weighted by Crippen LogP contribution is -2.20. The molecule has 0 amide bonds. The van der Waals surface area contributed by atoms with Crippen LogP contribution in [0.15, 0.2) is 0 Å². The summed E-state index contributed by atoms with van der Waals surface area (Å²) >= 11 is 0. The summed E-state index contributed by atoms with van der Waals surface area (Å²) in [6.07, 6.45) is 2.23. The first-order valence-corrected chi connectivity index (χ1v) is 4.42. The summed E-state index contributed by atoms with van der Waals surface area (Å²) < 4.78 is 4.60. The van der Waals surface area contributed by atoms with Gasteiger partial charge in [-0.05, 0) is 6.42 Å². The molecule has 0 rings (SSSR count). The van der Waals surface area contributed by atoms with Crippen molar-refractivity contribution < 1.29 is 19.4 Å². The van der Waals surface area contributed by atoms with Crippen LogP contribution in [-0.4, -0.2) is 18.5 Å². The SMILES string of the molecule is CCCCC(COC(C)=O)C([O])=O. The van der Waals surface area contributed by atoms with E-state index in [4.69, 9.17) is 0 Å². The van der Waals surface area contributed by atoms with Crippen molar-refractivity contribution in [1.82, 2.24) is 0 Å². The zero-order valence-corrected chi connectivity index (χ0v) is 8.04. The fourth-order valence-corrected chi connectivity index (χ4v) is 0.938. The molecule has 0 saturated carbocycles. The molecule has 1 unspecified atom stereocenters. The van der Waals surface area contributed by atoms with Crippen LogP contribution in [0.4, 0.5) is 0 Å². The Kier molecular flexibility index (Phi) is 5.93. The second kappa shape index (κ2) is 6.46. The fraction of sp³-hybridized carbons (Fsp3) is 0.778. The number of hydrogen-bond acceptors (Lipinski definition) is 3. The highest BCUT2D eigenvalue weighted by Gasteiger charge is 2.19. The summed E-state index contributed by atoms with van der Waals surface area (Å²) in [5.74, 6) is -2.26. The summed E-state index contributed by atoms with van der Waals surface area (Å²) in [4.78, 5) is 20.9. The van der Waals surface area contributed by atoms with Crippen LogP contribution in [0.2, 0.25) is 0 Å². The molecule has 0 aromatic rings. The number of rotatable bonds is 6. The lowest BCUT2D eigenvalue weighted by atomic mass is 10.0. The van der Waals surface area contributed by atoms with E-state index in [1.807, 2.05) is 6.92 Å². The third-order valence-electron chi connectivity index (χ3n) is 1.73. The van der Waals surface area contributed by atoms with Crippen molar-refractivity contribution in [3.8, 4) is 0 Å². The molecule has 0 aliphatic carbocycles. The van der Waals surface area contributed by atoms with E-state index in [9.17, 15) is 14.7 Å². The van der Waals surface area contributed by atoms with Crippen LogP contribution in [0.1, 0.15) is 33.1 Å². The van der Waals surface area contributed by atoms with Gasteiger partial charge in [-0.3, -0.25) is 4.79 Å². The first-order valence-electron chi connectivity index (χ1n) is 4.42. The Morgan fingerprint density at radius 3 is 2.38 bits per heavy atom. The molecule has 4 nitrogen and oxygen atoms in total. The maximum Gasteiger partial charge on any atom is 0.362 e. The van der Waals surface area contributed by atoms with E-state index in [1.165, 1.54) is 6.92 Å². The van der Waals surface area contributed by atoms with Crippen LogP contribution < -0.4 is 0 Å². The molecule has 0 fully saturated rings. The van der Waals surface area contributed by atoms with Gasteiger partial charge in [-0.2, -0.15) is 0 Å². The lowest BCUT2D eigenvalue weighted by Gasteiger charge is -2.09. The fourth-order valence-electron chi connectivity index (χ4n) is 0.938. The quantitative estimate of drug-likeness (QED) is 0.589. The second-order valence-electron chi connectivity index (χ2n) is 2.96. The molecule has 0 N–H and O–H groups in total. The van der Waals surface area contributed by atoms with Crippen LogP contribution in [-0.2, 0) is 19.4 Å². The van der Waals surface area contributed by atoms with Crippen molar-refractivity contribution in [2.24, 2.45) is 5.92 Å². The van der Waals surface area contributed by atoms with E-state index in [0.29, 0.717) is 6.42 Å². The predicted molar refractivity (Wildman–Crippen MR) is 45.3 cm³/mol. The predicted octanol–water partition coefficient (Wildman–Crippen LogP) is 1.31. The number of ether oxygens (including phenoxy) is 1. The van der Waals surface area contributed by atoms with Crippen molar-refractivity contribution in [2.75, 3.05) is 6.61 Å². The second-order valence-corrected chi connectivity index (χ2v) is 2.96. The lowest BCUT2D eigenvalue weighted by molar-refractivity contribution is -0.154. The van der Waals surface area contributed by atoms with E-state index in [2.05, 4.69) is 4.74 Å². The number of hydrogen-bond donors (Lipinski definition) is 0.